The van der Waals surface area contributed by atoms with Crippen LogP contribution in [0.25, 0.3) is 0 Å². The van der Waals surface area contributed by atoms with E-state index < -0.39 is 0 Å². The molecule has 0 rings (SSSR count). The summed E-state index contributed by atoms with van der Waals surface area (Å²) < 4.78 is 0. The molecule has 0 aliphatic carbocycles. The van der Waals surface area contributed by atoms with Gasteiger partial charge in [-0.2, -0.15) is 0 Å². The highest BCUT2D eigenvalue weighted by Gasteiger charge is 2.16. The van der Waals surface area contributed by atoms with E-state index in [-0.39, 0.29) is 6.10 Å². The normalized spacial score (nSPS) is 16.5. The molecule has 0 aromatic rings. The molecule has 0 fully saturated rings. The van der Waals surface area contributed by atoms with Gasteiger partial charge in [0.05, 0.1) is 6.10 Å². The topological polar surface area (TPSA) is 20.2 Å². The molecule has 2 atom stereocenters. The Labute approximate surface area is 77.2 Å². The van der Waals surface area contributed by atoms with Crippen LogP contribution in [0, 0.1) is 11.8 Å². The van der Waals surface area contributed by atoms with Gasteiger partial charge in [0.1, 0.15) is 0 Å². The lowest BCUT2D eigenvalue weighted by Crippen LogP contribution is -2.22. The van der Waals surface area contributed by atoms with E-state index in [1.807, 2.05) is 0 Å². The van der Waals surface area contributed by atoms with Crippen LogP contribution in [-0.2, 0) is 0 Å². The van der Waals surface area contributed by atoms with Crippen molar-refractivity contribution >= 4 is 0 Å². The minimum absolute atomic E-state index is 0.0865. The minimum Gasteiger partial charge on any atom is -0.393 e. The van der Waals surface area contributed by atoms with Crippen LogP contribution in [-0.4, -0.2) is 11.2 Å². The lowest BCUT2D eigenvalue weighted by atomic mass is 9.89. The van der Waals surface area contributed by atoms with Crippen molar-refractivity contribution < 1.29 is 5.11 Å². The number of aliphatic hydroxyl groups is 1. The average Bonchev–Trinajstić information content (AvgIpc) is 2.03. The van der Waals surface area contributed by atoms with Crippen molar-refractivity contribution in [3.05, 3.63) is 0 Å². The smallest absolute Gasteiger partial charge is 0.0568 e. The van der Waals surface area contributed by atoms with Crippen LogP contribution in [0.5, 0.6) is 0 Å². The molecule has 0 aliphatic rings. The second-order valence-corrected chi connectivity index (χ2v) is 4.17. The Hall–Kier alpha value is -0.0400. The summed E-state index contributed by atoms with van der Waals surface area (Å²) in [5.41, 5.74) is 0. The van der Waals surface area contributed by atoms with Gasteiger partial charge in [-0.15, -0.1) is 0 Å². The van der Waals surface area contributed by atoms with E-state index in [0.717, 1.165) is 6.42 Å². The number of hydrogen-bond acceptors (Lipinski definition) is 1. The Kier molecular flexibility index (Phi) is 6.45. The maximum Gasteiger partial charge on any atom is 0.0568 e. The number of rotatable bonds is 6. The molecule has 1 nitrogen and oxygen atoms in total. The molecule has 12 heavy (non-hydrogen) atoms. The molecule has 0 radical (unpaired) electrons. The Balaban J connectivity index is 3.49. The Morgan fingerprint density at radius 1 is 1.08 bits per heavy atom. The van der Waals surface area contributed by atoms with E-state index in [9.17, 15) is 5.11 Å². The zero-order valence-corrected chi connectivity index (χ0v) is 9.01. The van der Waals surface area contributed by atoms with E-state index in [1.54, 1.807) is 0 Å². The molecule has 0 aromatic heterocycles. The minimum atomic E-state index is -0.0865. The van der Waals surface area contributed by atoms with Crippen LogP contribution in [0.4, 0.5) is 0 Å². The van der Waals surface area contributed by atoms with Gasteiger partial charge in [-0.05, 0) is 18.3 Å². The molecule has 0 spiro atoms. The first-order valence-corrected chi connectivity index (χ1v) is 5.27. The molecule has 0 amide bonds. The molecule has 0 saturated heterocycles. The molecule has 0 heterocycles. The van der Waals surface area contributed by atoms with E-state index in [2.05, 4.69) is 27.7 Å². The summed E-state index contributed by atoms with van der Waals surface area (Å²) in [6.07, 6.45) is 4.56. The van der Waals surface area contributed by atoms with Gasteiger partial charge < -0.3 is 5.11 Å². The molecule has 0 aliphatic heterocycles. The van der Waals surface area contributed by atoms with Crippen molar-refractivity contribution in [3.63, 3.8) is 0 Å². The van der Waals surface area contributed by atoms with Gasteiger partial charge in [0.25, 0.3) is 0 Å². The third kappa shape index (κ3) is 4.76. The molecule has 74 valence electrons. The van der Waals surface area contributed by atoms with Crippen LogP contribution in [0.1, 0.15) is 53.4 Å². The van der Waals surface area contributed by atoms with Gasteiger partial charge in [-0.1, -0.05) is 47.0 Å². The van der Waals surface area contributed by atoms with E-state index >= 15 is 0 Å². The standard InChI is InChI=1S/C11H24O/c1-5-6-7-8-11(12)10(4)9(2)3/h9-12H,5-8H2,1-4H3. The number of aliphatic hydroxyl groups excluding tert-OH is 1. The molecule has 0 bridgehead atoms. The molecule has 1 heteroatoms. The highest BCUT2D eigenvalue weighted by atomic mass is 16.3. The predicted octanol–water partition coefficient (Wildman–Crippen LogP) is 3.22. The molecular weight excluding hydrogens is 148 g/mol. The summed E-state index contributed by atoms with van der Waals surface area (Å²) in [5, 5.41) is 9.71. The van der Waals surface area contributed by atoms with Crippen LogP contribution in [0.2, 0.25) is 0 Å². The van der Waals surface area contributed by atoms with Crippen LogP contribution in [0.3, 0.4) is 0 Å². The van der Waals surface area contributed by atoms with E-state index in [4.69, 9.17) is 0 Å². The fourth-order valence-corrected chi connectivity index (χ4v) is 1.31. The van der Waals surface area contributed by atoms with Crippen molar-refractivity contribution in [2.24, 2.45) is 11.8 Å². The Morgan fingerprint density at radius 2 is 1.67 bits per heavy atom. The van der Waals surface area contributed by atoms with Gasteiger partial charge in [-0.25, -0.2) is 0 Å². The third-order valence-electron chi connectivity index (χ3n) is 2.76. The lowest BCUT2D eigenvalue weighted by Gasteiger charge is -2.21. The fourth-order valence-electron chi connectivity index (χ4n) is 1.31. The molecule has 1 N–H and O–H groups in total. The van der Waals surface area contributed by atoms with Crippen LogP contribution < -0.4 is 0 Å². The summed E-state index contributed by atoms with van der Waals surface area (Å²) in [7, 11) is 0. The van der Waals surface area contributed by atoms with Gasteiger partial charge >= 0.3 is 0 Å². The lowest BCUT2D eigenvalue weighted by molar-refractivity contribution is 0.0814. The van der Waals surface area contributed by atoms with Crippen molar-refractivity contribution in [3.8, 4) is 0 Å². The third-order valence-corrected chi connectivity index (χ3v) is 2.76. The van der Waals surface area contributed by atoms with Crippen molar-refractivity contribution in [2.45, 2.75) is 59.5 Å². The van der Waals surface area contributed by atoms with Crippen LogP contribution >= 0.6 is 0 Å². The van der Waals surface area contributed by atoms with Crippen molar-refractivity contribution in [2.75, 3.05) is 0 Å². The molecule has 0 saturated carbocycles. The van der Waals surface area contributed by atoms with Crippen molar-refractivity contribution in [1.29, 1.82) is 0 Å². The first-order chi connectivity index (χ1) is 5.59. The second-order valence-electron chi connectivity index (χ2n) is 4.17. The Morgan fingerprint density at radius 3 is 2.08 bits per heavy atom. The highest BCUT2D eigenvalue weighted by Crippen LogP contribution is 2.18. The summed E-state index contributed by atoms with van der Waals surface area (Å²) >= 11 is 0. The van der Waals surface area contributed by atoms with Crippen molar-refractivity contribution in [1.82, 2.24) is 0 Å². The van der Waals surface area contributed by atoms with E-state index in [1.165, 1.54) is 19.3 Å². The van der Waals surface area contributed by atoms with Crippen LogP contribution in [0.15, 0.2) is 0 Å². The summed E-state index contributed by atoms with van der Waals surface area (Å²) in [4.78, 5) is 0. The Bertz CT molecular complexity index is 99.2. The predicted molar refractivity (Wildman–Crippen MR) is 54.2 cm³/mol. The summed E-state index contributed by atoms with van der Waals surface area (Å²) in [6, 6.07) is 0. The fraction of sp³-hybridized carbons (Fsp3) is 1.00. The van der Waals surface area contributed by atoms with Gasteiger partial charge in [0.2, 0.25) is 0 Å². The first kappa shape index (κ1) is 12.0. The SMILES string of the molecule is CCCCCC(O)C(C)C(C)C. The second kappa shape index (κ2) is 6.47. The molecular formula is C11H24O. The monoisotopic (exact) mass is 172 g/mol. The van der Waals surface area contributed by atoms with E-state index in [0.29, 0.717) is 11.8 Å². The maximum atomic E-state index is 9.71. The van der Waals surface area contributed by atoms with Gasteiger partial charge in [0, 0.05) is 0 Å². The molecule has 0 aromatic carbocycles. The first-order valence-electron chi connectivity index (χ1n) is 5.27. The zero-order valence-electron chi connectivity index (χ0n) is 9.01. The molecule has 2 unspecified atom stereocenters. The quantitative estimate of drug-likeness (QED) is 0.610. The maximum absolute atomic E-state index is 9.71. The average molecular weight is 172 g/mol. The largest absolute Gasteiger partial charge is 0.393 e. The van der Waals surface area contributed by atoms with Gasteiger partial charge in [-0.3, -0.25) is 0 Å². The number of hydrogen-bond donors (Lipinski definition) is 1. The number of unbranched alkanes of at least 4 members (excludes halogenated alkanes) is 2. The zero-order chi connectivity index (χ0) is 9.56. The summed E-state index contributed by atoms with van der Waals surface area (Å²) in [6.45, 7) is 8.68. The summed E-state index contributed by atoms with van der Waals surface area (Å²) in [5.74, 6) is 1.04. The van der Waals surface area contributed by atoms with Gasteiger partial charge in [0.15, 0.2) is 0 Å². The highest BCUT2D eigenvalue weighted by molar-refractivity contribution is 4.67.